The van der Waals surface area contributed by atoms with Gasteiger partial charge < -0.3 is 20.4 Å². The summed E-state index contributed by atoms with van der Waals surface area (Å²) in [4.78, 5) is 45.0. The molecule has 0 spiro atoms. The molecule has 1 aliphatic carbocycles. The van der Waals surface area contributed by atoms with E-state index in [-0.39, 0.29) is 24.0 Å². The Morgan fingerprint density at radius 2 is 1.72 bits per heavy atom. The van der Waals surface area contributed by atoms with Crippen LogP contribution in [-0.4, -0.2) is 79.8 Å². The van der Waals surface area contributed by atoms with E-state index in [1.807, 2.05) is 60.6 Å². The van der Waals surface area contributed by atoms with Crippen LogP contribution in [0.4, 0.5) is 22.4 Å². The molecule has 13 heteroatoms. The van der Waals surface area contributed by atoms with Crippen LogP contribution in [0, 0.1) is 11.3 Å². The third-order valence-electron chi connectivity index (χ3n) is 8.85. The lowest BCUT2D eigenvalue weighted by Crippen LogP contribution is -2.49. The largest absolute Gasteiger partial charge is 0.352 e. The van der Waals surface area contributed by atoms with Crippen LogP contribution in [0.25, 0.3) is 11.1 Å². The summed E-state index contributed by atoms with van der Waals surface area (Å²) in [5.74, 6) is 1.71. The Balaban J connectivity index is 1.13. The van der Waals surface area contributed by atoms with Gasteiger partial charge in [0, 0.05) is 82.3 Å². The van der Waals surface area contributed by atoms with Crippen molar-refractivity contribution in [2.24, 2.45) is 7.05 Å². The molecule has 3 aromatic heterocycles. The molecule has 242 valence electrons. The lowest BCUT2D eigenvalue weighted by molar-refractivity contribution is -0.129. The molecule has 6 rings (SSSR count). The van der Waals surface area contributed by atoms with Gasteiger partial charge in [-0.15, -0.1) is 0 Å². The summed E-state index contributed by atoms with van der Waals surface area (Å²) in [7, 11) is 1.88. The second-order valence-electron chi connectivity index (χ2n) is 12.0. The SMILES string of the molecule is CC(=O)N1CCN(c2nc(NC3CCC(N(C(=O)NCc4ccccc4)c4ccc(-c5cnn(C)c5)cn4)CC3)ncc2C#N)CC1. The number of nitrogens with one attached hydrogen (secondary N) is 2. The number of amides is 3. The van der Waals surface area contributed by atoms with Gasteiger partial charge in [0.05, 0.1) is 12.4 Å². The number of carbonyl (C=O) groups excluding carboxylic acids is 2. The monoisotopic (exact) mass is 633 g/mol. The molecule has 0 radical (unpaired) electrons. The minimum absolute atomic E-state index is 0.0458. The van der Waals surface area contributed by atoms with Gasteiger partial charge in [-0.05, 0) is 43.4 Å². The fourth-order valence-electron chi connectivity index (χ4n) is 6.24. The topological polar surface area (TPSA) is 148 Å². The van der Waals surface area contributed by atoms with E-state index in [4.69, 9.17) is 9.97 Å². The summed E-state index contributed by atoms with van der Waals surface area (Å²) >= 11 is 0. The maximum absolute atomic E-state index is 13.7. The highest BCUT2D eigenvalue weighted by Gasteiger charge is 2.31. The van der Waals surface area contributed by atoms with E-state index in [1.165, 1.54) is 0 Å². The van der Waals surface area contributed by atoms with Crippen molar-refractivity contribution in [3.8, 4) is 17.2 Å². The second kappa shape index (κ2) is 14.3. The Bertz CT molecular complexity index is 1720. The number of hydrogen-bond donors (Lipinski definition) is 2. The van der Waals surface area contributed by atoms with Crippen LogP contribution in [0.2, 0.25) is 0 Å². The quantitative estimate of drug-likeness (QED) is 0.294. The minimum Gasteiger partial charge on any atom is -0.352 e. The molecule has 4 aromatic rings. The highest BCUT2D eigenvalue weighted by molar-refractivity contribution is 5.91. The Kier molecular flexibility index (Phi) is 9.56. The van der Waals surface area contributed by atoms with Gasteiger partial charge in [0.15, 0.2) is 5.82 Å². The highest BCUT2D eigenvalue weighted by Crippen LogP contribution is 2.30. The number of pyridine rings is 1. The molecule has 2 aliphatic rings. The van der Waals surface area contributed by atoms with E-state index in [9.17, 15) is 14.9 Å². The maximum Gasteiger partial charge on any atom is 0.323 e. The number of carbonyl (C=O) groups is 2. The summed E-state index contributed by atoms with van der Waals surface area (Å²) < 4.78 is 1.75. The lowest BCUT2D eigenvalue weighted by Gasteiger charge is -2.37. The van der Waals surface area contributed by atoms with Crippen molar-refractivity contribution < 1.29 is 9.59 Å². The van der Waals surface area contributed by atoms with Crippen molar-refractivity contribution in [1.82, 2.24) is 34.9 Å². The summed E-state index contributed by atoms with van der Waals surface area (Å²) in [6.45, 7) is 4.39. The maximum atomic E-state index is 13.7. The number of hydrogen-bond acceptors (Lipinski definition) is 9. The van der Waals surface area contributed by atoms with E-state index in [2.05, 4.69) is 26.8 Å². The number of nitrogens with zero attached hydrogens (tertiary/aromatic N) is 9. The molecule has 47 heavy (non-hydrogen) atoms. The normalized spacial score (nSPS) is 17.9. The van der Waals surface area contributed by atoms with Crippen LogP contribution in [-0.2, 0) is 18.4 Å². The Morgan fingerprint density at radius 1 is 0.957 bits per heavy atom. The van der Waals surface area contributed by atoms with Crippen LogP contribution < -0.4 is 20.4 Å². The smallest absolute Gasteiger partial charge is 0.323 e. The first-order chi connectivity index (χ1) is 22.9. The first kappa shape index (κ1) is 31.5. The fraction of sp³-hybridized carbons (Fsp3) is 0.382. The zero-order chi connectivity index (χ0) is 32.8. The Morgan fingerprint density at radius 3 is 2.36 bits per heavy atom. The highest BCUT2D eigenvalue weighted by atomic mass is 16.2. The molecule has 0 unspecified atom stereocenters. The van der Waals surface area contributed by atoms with Crippen LogP contribution in [0.1, 0.15) is 43.7 Å². The van der Waals surface area contributed by atoms with Gasteiger partial charge >= 0.3 is 6.03 Å². The first-order valence-electron chi connectivity index (χ1n) is 16.0. The molecule has 2 N–H and O–H groups in total. The van der Waals surface area contributed by atoms with E-state index in [1.54, 1.807) is 40.0 Å². The van der Waals surface area contributed by atoms with Crippen molar-refractivity contribution in [3.05, 3.63) is 78.4 Å². The molecule has 2 fully saturated rings. The predicted octanol–water partition coefficient (Wildman–Crippen LogP) is 3.95. The van der Waals surface area contributed by atoms with Crippen LogP contribution in [0.3, 0.4) is 0 Å². The first-order valence-corrected chi connectivity index (χ1v) is 16.0. The van der Waals surface area contributed by atoms with Crippen molar-refractivity contribution >= 4 is 29.5 Å². The molecular weight excluding hydrogens is 594 g/mol. The molecule has 4 heterocycles. The molecule has 1 aromatic carbocycles. The average Bonchev–Trinajstić information content (AvgIpc) is 3.55. The number of anilines is 3. The van der Waals surface area contributed by atoms with Gasteiger partial charge in [-0.2, -0.15) is 15.3 Å². The van der Waals surface area contributed by atoms with Gasteiger partial charge in [0.2, 0.25) is 11.9 Å². The number of aromatic nitrogens is 5. The van der Waals surface area contributed by atoms with Crippen LogP contribution in [0.5, 0.6) is 0 Å². The summed E-state index contributed by atoms with van der Waals surface area (Å²) in [5.41, 5.74) is 3.33. The number of piperazine rings is 1. The molecule has 1 saturated carbocycles. The Labute approximate surface area is 274 Å². The predicted molar refractivity (Wildman–Crippen MR) is 178 cm³/mol. The van der Waals surface area contributed by atoms with E-state index in [0.29, 0.717) is 55.9 Å². The lowest BCUT2D eigenvalue weighted by atomic mass is 9.90. The number of rotatable bonds is 8. The number of urea groups is 1. The van der Waals surface area contributed by atoms with Crippen molar-refractivity contribution in [1.29, 1.82) is 5.26 Å². The number of nitriles is 1. The average molecular weight is 634 g/mol. The molecule has 13 nitrogen and oxygen atoms in total. The summed E-state index contributed by atoms with van der Waals surface area (Å²) in [5, 5.41) is 20.5. The summed E-state index contributed by atoms with van der Waals surface area (Å²) in [6, 6.07) is 15.8. The Hall–Kier alpha value is -5.51. The molecular formula is C34H39N11O2. The minimum atomic E-state index is -0.183. The molecule has 1 saturated heterocycles. The van der Waals surface area contributed by atoms with Gasteiger partial charge in [-0.1, -0.05) is 30.3 Å². The third kappa shape index (κ3) is 7.49. The van der Waals surface area contributed by atoms with Crippen molar-refractivity contribution in [2.45, 2.75) is 51.2 Å². The zero-order valence-corrected chi connectivity index (χ0v) is 26.7. The molecule has 1 aliphatic heterocycles. The molecule has 0 atom stereocenters. The van der Waals surface area contributed by atoms with Gasteiger partial charge in [0.25, 0.3) is 0 Å². The number of benzene rings is 1. The third-order valence-corrected chi connectivity index (χ3v) is 8.85. The van der Waals surface area contributed by atoms with E-state index < -0.39 is 0 Å². The van der Waals surface area contributed by atoms with Gasteiger partial charge in [0.1, 0.15) is 17.5 Å². The second-order valence-corrected chi connectivity index (χ2v) is 12.0. The number of aryl methyl sites for hydroxylation is 1. The zero-order valence-electron chi connectivity index (χ0n) is 26.7. The van der Waals surface area contributed by atoms with Crippen LogP contribution >= 0.6 is 0 Å². The molecule has 3 amide bonds. The van der Waals surface area contributed by atoms with E-state index in [0.717, 1.165) is 42.4 Å². The van der Waals surface area contributed by atoms with Gasteiger partial charge in [-0.25, -0.2) is 14.8 Å². The van der Waals surface area contributed by atoms with Gasteiger partial charge in [-0.3, -0.25) is 14.4 Å². The summed E-state index contributed by atoms with van der Waals surface area (Å²) in [6.07, 6.45) is 10.2. The van der Waals surface area contributed by atoms with E-state index >= 15 is 0 Å². The van der Waals surface area contributed by atoms with Crippen LogP contribution in [0.15, 0.2) is 67.3 Å². The standard InChI is InChI=1S/C34H39N11O2/c1-24(46)43-14-16-44(17-15-43)32-27(18-35)21-37-33(41-32)40-29-9-11-30(12-10-29)45(34(47)38-19-25-6-4-3-5-7-25)31-13-8-26(20-36-31)28-22-39-42(2)23-28/h3-8,13,20-23,29-30H,9-12,14-17,19H2,1-2H3,(H,38,47)(H,37,40,41). The van der Waals surface area contributed by atoms with Crippen molar-refractivity contribution in [2.75, 3.05) is 41.3 Å². The molecule has 0 bridgehead atoms. The van der Waals surface area contributed by atoms with Crippen molar-refractivity contribution in [3.63, 3.8) is 0 Å². The fourth-order valence-corrected chi connectivity index (χ4v) is 6.24.